The minimum atomic E-state index is -0.610. The van der Waals surface area contributed by atoms with Crippen LogP contribution in [0.1, 0.15) is 5.69 Å². The van der Waals surface area contributed by atoms with Crippen molar-refractivity contribution in [1.29, 1.82) is 0 Å². The summed E-state index contributed by atoms with van der Waals surface area (Å²) in [6, 6.07) is 0. The first-order valence-corrected chi connectivity index (χ1v) is 3.03. The van der Waals surface area contributed by atoms with Gasteiger partial charge < -0.3 is 15.2 Å². The fourth-order valence-electron chi connectivity index (χ4n) is 0.688. The Morgan fingerprint density at radius 2 is 2.55 bits per heavy atom. The Bertz CT molecular complexity index is 257. The van der Waals surface area contributed by atoms with E-state index in [0.29, 0.717) is 12.1 Å². The smallest absolute Gasteiger partial charge is 0.396 e. The molecule has 1 aromatic rings. The second kappa shape index (κ2) is 3.11. The Balaban J connectivity index is 2.73. The third-order valence-electron chi connectivity index (χ3n) is 1.17. The minimum Gasteiger partial charge on any atom is -0.396 e. The van der Waals surface area contributed by atoms with Gasteiger partial charge in [0, 0.05) is 6.42 Å². The lowest BCUT2D eigenvalue weighted by Crippen LogP contribution is -1.92. The highest BCUT2D eigenvalue weighted by molar-refractivity contribution is 5.10. The van der Waals surface area contributed by atoms with Crippen molar-refractivity contribution < 1.29 is 10.0 Å². The minimum absolute atomic E-state index is 0.0423. The van der Waals surface area contributed by atoms with Gasteiger partial charge in [-0.15, -0.1) is 0 Å². The molecule has 1 rings (SSSR count). The van der Waals surface area contributed by atoms with E-state index >= 15 is 0 Å². The van der Waals surface area contributed by atoms with E-state index in [1.807, 2.05) is 0 Å². The average Bonchev–Trinajstić information content (AvgIpc) is 2.37. The van der Waals surface area contributed by atoms with Gasteiger partial charge in [0.1, 0.15) is 11.9 Å². The summed E-state index contributed by atoms with van der Waals surface area (Å²) in [5, 5.41) is 18.5. The lowest BCUT2D eigenvalue weighted by molar-refractivity contribution is -0.393. The normalized spacial score (nSPS) is 9.91. The number of nitro groups is 1. The van der Waals surface area contributed by atoms with Crippen LogP contribution in [0.4, 0.5) is 5.95 Å². The SMILES string of the molecule is O=[N+]([O-])c1ncc(CCO)[nH]1. The van der Waals surface area contributed by atoms with E-state index in [1.54, 1.807) is 0 Å². The zero-order chi connectivity index (χ0) is 8.27. The van der Waals surface area contributed by atoms with Crippen LogP contribution in [0, 0.1) is 10.1 Å². The molecule has 0 radical (unpaired) electrons. The van der Waals surface area contributed by atoms with Crippen LogP contribution in [-0.4, -0.2) is 26.6 Å². The number of aromatic amines is 1. The van der Waals surface area contributed by atoms with E-state index in [0.717, 1.165) is 0 Å². The molecule has 0 aliphatic carbocycles. The Morgan fingerprint density at radius 1 is 1.82 bits per heavy atom. The highest BCUT2D eigenvalue weighted by Crippen LogP contribution is 2.04. The molecule has 0 amide bonds. The van der Waals surface area contributed by atoms with Crippen molar-refractivity contribution in [3.8, 4) is 0 Å². The predicted octanol–water partition coefficient (Wildman–Crippen LogP) is -0.147. The molecule has 0 saturated heterocycles. The molecule has 1 aromatic heterocycles. The first kappa shape index (κ1) is 7.67. The summed E-state index contributed by atoms with van der Waals surface area (Å²) >= 11 is 0. The van der Waals surface area contributed by atoms with E-state index in [9.17, 15) is 10.1 Å². The first-order chi connectivity index (χ1) is 5.24. The molecule has 11 heavy (non-hydrogen) atoms. The Kier molecular flexibility index (Phi) is 2.17. The van der Waals surface area contributed by atoms with Gasteiger partial charge in [0.25, 0.3) is 0 Å². The van der Waals surface area contributed by atoms with E-state index < -0.39 is 4.92 Å². The molecular formula is C5H7N3O3. The lowest BCUT2D eigenvalue weighted by Gasteiger charge is -1.87. The molecule has 2 N–H and O–H groups in total. The molecule has 0 atom stereocenters. The molecule has 0 spiro atoms. The van der Waals surface area contributed by atoms with Crippen LogP contribution in [0.3, 0.4) is 0 Å². The van der Waals surface area contributed by atoms with Crippen LogP contribution in [0.15, 0.2) is 6.20 Å². The van der Waals surface area contributed by atoms with Crippen LogP contribution in [0.2, 0.25) is 0 Å². The van der Waals surface area contributed by atoms with Crippen LogP contribution < -0.4 is 0 Å². The predicted molar refractivity (Wildman–Crippen MR) is 36.0 cm³/mol. The maximum atomic E-state index is 10.1. The first-order valence-electron chi connectivity index (χ1n) is 3.03. The van der Waals surface area contributed by atoms with Crippen LogP contribution in [0.25, 0.3) is 0 Å². The van der Waals surface area contributed by atoms with Gasteiger partial charge in [0.2, 0.25) is 0 Å². The van der Waals surface area contributed by atoms with Gasteiger partial charge in [-0.3, -0.25) is 0 Å². The molecule has 0 aromatic carbocycles. The average molecular weight is 157 g/mol. The highest BCUT2D eigenvalue weighted by Gasteiger charge is 2.09. The zero-order valence-corrected chi connectivity index (χ0v) is 5.65. The molecule has 0 fully saturated rings. The topological polar surface area (TPSA) is 92.1 Å². The Labute approximate surface area is 62.0 Å². The number of nitrogens with one attached hydrogen (secondary N) is 1. The van der Waals surface area contributed by atoms with Crippen molar-refractivity contribution in [2.24, 2.45) is 0 Å². The van der Waals surface area contributed by atoms with E-state index in [2.05, 4.69) is 9.97 Å². The summed E-state index contributed by atoms with van der Waals surface area (Å²) < 4.78 is 0. The van der Waals surface area contributed by atoms with Crippen molar-refractivity contribution in [3.63, 3.8) is 0 Å². The number of rotatable bonds is 3. The standard InChI is InChI=1S/C5H7N3O3/c9-2-1-4-3-6-5(7-4)8(10)11/h3,9H,1-2H2,(H,6,7). The number of imidazole rings is 1. The number of nitrogens with zero attached hydrogens (tertiary/aromatic N) is 2. The van der Waals surface area contributed by atoms with Gasteiger partial charge in [-0.25, -0.2) is 4.98 Å². The monoisotopic (exact) mass is 157 g/mol. The van der Waals surface area contributed by atoms with Gasteiger partial charge >= 0.3 is 5.95 Å². The summed E-state index contributed by atoms with van der Waals surface area (Å²) in [6.45, 7) is -0.0423. The molecule has 0 aliphatic heterocycles. The molecule has 1 heterocycles. The molecule has 0 unspecified atom stereocenters. The quantitative estimate of drug-likeness (QED) is 0.471. The summed E-state index contributed by atoms with van der Waals surface area (Å²) in [5.74, 6) is -0.284. The number of hydrogen-bond acceptors (Lipinski definition) is 4. The Hall–Kier alpha value is -1.43. The summed E-state index contributed by atoms with van der Waals surface area (Å²) in [5.41, 5.74) is 0.569. The van der Waals surface area contributed by atoms with Gasteiger partial charge in [-0.1, -0.05) is 4.98 Å². The summed E-state index contributed by atoms with van der Waals surface area (Å²) in [7, 11) is 0. The Morgan fingerprint density at radius 3 is 3.00 bits per heavy atom. The molecule has 6 heteroatoms. The number of H-pyrrole nitrogens is 1. The van der Waals surface area contributed by atoms with Crippen molar-refractivity contribution in [2.75, 3.05) is 6.61 Å². The van der Waals surface area contributed by atoms with Crippen LogP contribution in [-0.2, 0) is 6.42 Å². The van der Waals surface area contributed by atoms with E-state index in [4.69, 9.17) is 5.11 Å². The molecule has 0 bridgehead atoms. The van der Waals surface area contributed by atoms with Gasteiger partial charge in [0.05, 0.1) is 6.61 Å². The molecule has 0 saturated carbocycles. The zero-order valence-electron chi connectivity index (χ0n) is 5.65. The molecular weight excluding hydrogens is 150 g/mol. The molecule has 6 nitrogen and oxygen atoms in total. The van der Waals surface area contributed by atoms with E-state index in [1.165, 1.54) is 6.20 Å². The van der Waals surface area contributed by atoms with Crippen molar-refractivity contribution >= 4 is 5.95 Å². The summed E-state index contributed by atoms with van der Waals surface area (Å²) in [6.07, 6.45) is 1.70. The maximum Gasteiger partial charge on any atom is 0.432 e. The summed E-state index contributed by atoms with van der Waals surface area (Å²) in [4.78, 5) is 15.4. The third kappa shape index (κ3) is 1.74. The third-order valence-corrected chi connectivity index (χ3v) is 1.17. The molecule has 0 aliphatic rings. The van der Waals surface area contributed by atoms with Crippen molar-refractivity contribution in [3.05, 3.63) is 22.0 Å². The maximum absolute atomic E-state index is 10.1. The van der Waals surface area contributed by atoms with E-state index in [-0.39, 0.29) is 12.6 Å². The van der Waals surface area contributed by atoms with Gasteiger partial charge in [0.15, 0.2) is 0 Å². The second-order valence-electron chi connectivity index (χ2n) is 1.96. The van der Waals surface area contributed by atoms with Crippen molar-refractivity contribution in [2.45, 2.75) is 6.42 Å². The van der Waals surface area contributed by atoms with Gasteiger partial charge in [-0.05, 0) is 4.92 Å². The molecule has 60 valence electrons. The fraction of sp³-hybridized carbons (Fsp3) is 0.400. The lowest BCUT2D eigenvalue weighted by atomic mass is 10.4. The fourth-order valence-corrected chi connectivity index (χ4v) is 0.688. The number of aliphatic hydroxyl groups is 1. The van der Waals surface area contributed by atoms with Crippen LogP contribution in [0.5, 0.6) is 0 Å². The van der Waals surface area contributed by atoms with Gasteiger partial charge in [-0.2, -0.15) is 0 Å². The number of aliphatic hydroxyl groups excluding tert-OH is 1. The second-order valence-corrected chi connectivity index (χ2v) is 1.96. The van der Waals surface area contributed by atoms with Crippen LogP contribution >= 0.6 is 0 Å². The number of aromatic nitrogens is 2. The highest BCUT2D eigenvalue weighted by atomic mass is 16.6. The number of hydrogen-bond donors (Lipinski definition) is 2. The van der Waals surface area contributed by atoms with Crippen molar-refractivity contribution in [1.82, 2.24) is 9.97 Å². The largest absolute Gasteiger partial charge is 0.432 e.